The maximum atomic E-state index is 5.24. The van der Waals surface area contributed by atoms with E-state index < -0.39 is 0 Å². The van der Waals surface area contributed by atoms with E-state index in [0.29, 0.717) is 6.54 Å². The van der Waals surface area contributed by atoms with Crippen LogP contribution in [0.1, 0.15) is 25.0 Å². The van der Waals surface area contributed by atoms with Crippen LogP contribution in [0.25, 0.3) is 0 Å². The molecule has 1 rings (SSSR count). The maximum Gasteiger partial charge on any atom is 0.191 e. The summed E-state index contributed by atoms with van der Waals surface area (Å²) in [6.07, 6.45) is 0. The molecule has 0 fully saturated rings. The van der Waals surface area contributed by atoms with Gasteiger partial charge in [0.2, 0.25) is 0 Å². The molecule has 18 heavy (non-hydrogen) atoms. The minimum absolute atomic E-state index is 0.667. The van der Waals surface area contributed by atoms with Crippen molar-refractivity contribution in [2.45, 2.75) is 27.3 Å². The molecule has 0 heterocycles. The smallest absolute Gasteiger partial charge is 0.191 e. The van der Waals surface area contributed by atoms with E-state index in [0.717, 1.165) is 30.4 Å². The van der Waals surface area contributed by atoms with E-state index >= 15 is 0 Å². The predicted octanol–water partition coefficient (Wildman–Crippen LogP) is 2.08. The number of aliphatic imine (C=N–C) groups is 1. The van der Waals surface area contributed by atoms with E-state index in [2.05, 4.69) is 35.5 Å². The zero-order valence-electron chi connectivity index (χ0n) is 11.7. The largest absolute Gasteiger partial charge is 0.496 e. The lowest BCUT2D eigenvalue weighted by atomic mass is 10.1. The highest BCUT2D eigenvalue weighted by molar-refractivity contribution is 5.79. The molecule has 0 saturated heterocycles. The first kappa shape index (κ1) is 14.4. The summed E-state index contributed by atoms with van der Waals surface area (Å²) in [5.74, 6) is 1.77. The van der Waals surface area contributed by atoms with Crippen molar-refractivity contribution >= 4 is 5.96 Å². The number of guanidine groups is 1. The Bertz CT molecular complexity index is 394. The molecule has 2 N–H and O–H groups in total. The maximum absolute atomic E-state index is 5.24. The second kappa shape index (κ2) is 7.58. The summed E-state index contributed by atoms with van der Waals surface area (Å²) >= 11 is 0. The summed E-state index contributed by atoms with van der Waals surface area (Å²) in [7, 11) is 1.69. The van der Waals surface area contributed by atoms with E-state index in [9.17, 15) is 0 Å². The molecule has 0 spiro atoms. The number of methoxy groups -OCH3 is 1. The van der Waals surface area contributed by atoms with Gasteiger partial charge in [0, 0.05) is 13.1 Å². The molecule has 4 nitrogen and oxygen atoms in total. The molecule has 0 aromatic heterocycles. The van der Waals surface area contributed by atoms with Crippen LogP contribution in [0.2, 0.25) is 0 Å². The SMILES string of the molecule is CCNC(=NCc1ccc(OC)c(C)c1)NCC. The second-order valence-electron chi connectivity index (χ2n) is 4.03. The number of hydrogen-bond acceptors (Lipinski definition) is 2. The van der Waals surface area contributed by atoms with Gasteiger partial charge in [0.05, 0.1) is 13.7 Å². The first-order valence-electron chi connectivity index (χ1n) is 6.37. The first-order valence-corrected chi connectivity index (χ1v) is 6.37. The first-order chi connectivity index (χ1) is 8.71. The summed E-state index contributed by atoms with van der Waals surface area (Å²) in [6.45, 7) is 8.57. The van der Waals surface area contributed by atoms with Gasteiger partial charge in [0.1, 0.15) is 5.75 Å². The van der Waals surface area contributed by atoms with Gasteiger partial charge in [-0.2, -0.15) is 0 Å². The standard InChI is InChI=1S/C14H23N3O/c1-5-15-14(16-6-2)17-10-12-7-8-13(18-4)11(3)9-12/h7-9H,5-6,10H2,1-4H3,(H2,15,16,17). The van der Waals surface area contributed by atoms with Crippen LogP contribution in [-0.4, -0.2) is 26.2 Å². The topological polar surface area (TPSA) is 45.7 Å². The van der Waals surface area contributed by atoms with E-state index in [1.165, 1.54) is 5.56 Å². The average Bonchev–Trinajstić information content (AvgIpc) is 2.36. The van der Waals surface area contributed by atoms with Gasteiger partial charge in [0.15, 0.2) is 5.96 Å². The molecule has 0 unspecified atom stereocenters. The minimum Gasteiger partial charge on any atom is -0.496 e. The van der Waals surface area contributed by atoms with Crippen LogP contribution in [0.4, 0.5) is 0 Å². The van der Waals surface area contributed by atoms with Crippen LogP contribution in [0.15, 0.2) is 23.2 Å². The van der Waals surface area contributed by atoms with Gasteiger partial charge in [0.25, 0.3) is 0 Å². The fourth-order valence-corrected chi connectivity index (χ4v) is 1.72. The molecule has 100 valence electrons. The highest BCUT2D eigenvalue weighted by Gasteiger charge is 2.00. The van der Waals surface area contributed by atoms with Crippen molar-refractivity contribution in [1.82, 2.24) is 10.6 Å². The lowest BCUT2D eigenvalue weighted by molar-refractivity contribution is 0.411. The van der Waals surface area contributed by atoms with Gasteiger partial charge in [-0.05, 0) is 38.0 Å². The summed E-state index contributed by atoms with van der Waals surface area (Å²) in [5, 5.41) is 6.41. The van der Waals surface area contributed by atoms with E-state index in [1.807, 2.05) is 19.1 Å². The summed E-state index contributed by atoms with van der Waals surface area (Å²) in [6, 6.07) is 6.14. The third kappa shape index (κ3) is 4.28. The van der Waals surface area contributed by atoms with Crippen molar-refractivity contribution in [3.63, 3.8) is 0 Å². The second-order valence-corrected chi connectivity index (χ2v) is 4.03. The van der Waals surface area contributed by atoms with Gasteiger partial charge in [-0.25, -0.2) is 4.99 Å². The normalized spacial score (nSPS) is 9.78. The van der Waals surface area contributed by atoms with Crippen LogP contribution in [-0.2, 0) is 6.54 Å². The number of aryl methyl sites for hydroxylation is 1. The number of rotatable bonds is 5. The van der Waals surface area contributed by atoms with Crippen molar-refractivity contribution in [3.05, 3.63) is 29.3 Å². The molecule has 0 radical (unpaired) electrons. The lowest BCUT2D eigenvalue weighted by Crippen LogP contribution is -2.36. The Kier molecular flexibility index (Phi) is 6.05. The van der Waals surface area contributed by atoms with E-state index in [1.54, 1.807) is 7.11 Å². The zero-order chi connectivity index (χ0) is 13.4. The highest BCUT2D eigenvalue weighted by atomic mass is 16.5. The zero-order valence-corrected chi connectivity index (χ0v) is 11.7. The number of nitrogens with zero attached hydrogens (tertiary/aromatic N) is 1. The number of nitrogens with one attached hydrogen (secondary N) is 2. The fraction of sp³-hybridized carbons (Fsp3) is 0.500. The number of hydrogen-bond donors (Lipinski definition) is 2. The molecule has 1 aromatic carbocycles. The Morgan fingerprint density at radius 3 is 2.39 bits per heavy atom. The van der Waals surface area contributed by atoms with E-state index in [-0.39, 0.29) is 0 Å². The molecule has 0 saturated carbocycles. The van der Waals surface area contributed by atoms with Gasteiger partial charge in [-0.1, -0.05) is 12.1 Å². The molecule has 0 aliphatic rings. The molecule has 1 aromatic rings. The molecule has 0 bridgehead atoms. The van der Waals surface area contributed by atoms with Crippen molar-refractivity contribution in [2.75, 3.05) is 20.2 Å². The molecule has 0 aliphatic carbocycles. The highest BCUT2D eigenvalue weighted by Crippen LogP contribution is 2.18. The quantitative estimate of drug-likeness (QED) is 0.620. The lowest BCUT2D eigenvalue weighted by Gasteiger charge is -2.10. The van der Waals surface area contributed by atoms with Gasteiger partial charge >= 0.3 is 0 Å². The van der Waals surface area contributed by atoms with Crippen molar-refractivity contribution in [1.29, 1.82) is 0 Å². The third-order valence-electron chi connectivity index (χ3n) is 2.57. The fourth-order valence-electron chi connectivity index (χ4n) is 1.72. The molecular weight excluding hydrogens is 226 g/mol. The van der Waals surface area contributed by atoms with Gasteiger partial charge in [-0.15, -0.1) is 0 Å². The summed E-state index contributed by atoms with van der Waals surface area (Å²) in [4.78, 5) is 4.52. The minimum atomic E-state index is 0.667. The molecule has 4 heteroatoms. The van der Waals surface area contributed by atoms with Gasteiger partial charge in [-0.3, -0.25) is 0 Å². The van der Waals surface area contributed by atoms with E-state index in [4.69, 9.17) is 4.74 Å². The van der Waals surface area contributed by atoms with Crippen LogP contribution >= 0.6 is 0 Å². The Morgan fingerprint density at radius 2 is 1.89 bits per heavy atom. The Morgan fingerprint density at radius 1 is 1.22 bits per heavy atom. The third-order valence-corrected chi connectivity index (χ3v) is 2.57. The summed E-state index contributed by atoms with van der Waals surface area (Å²) < 4.78 is 5.24. The molecular formula is C14H23N3O. The van der Waals surface area contributed by atoms with Crippen molar-refractivity contribution < 1.29 is 4.74 Å². The van der Waals surface area contributed by atoms with Crippen LogP contribution < -0.4 is 15.4 Å². The Hall–Kier alpha value is -1.71. The average molecular weight is 249 g/mol. The van der Waals surface area contributed by atoms with Crippen LogP contribution in [0.3, 0.4) is 0 Å². The summed E-state index contributed by atoms with van der Waals surface area (Å²) in [5.41, 5.74) is 2.32. The Labute approximate surface area is 109 Å². The van der Waals surface area contributed by atoms with Crippen molar-refractivity contribution in [2.24, 2.45) is 4.99 Å². The molecule has 0 aliphatic heterocycles. The molecule has 0 atom stereocenters. The van der Waals surface area contributed by atoms with Gasteiger partial charge < -0.3 is 15.4 Å². The number of benzene rings is 1. The van der Waals surface area contributed by atoms with Crippen LogP contribution in [0, 0.1) is 6.92 Å². The monoisotopic (exact) mass is 249 g/mol. The molecule has 0 amide bonds. The Balaban J connectivity index is 2.71. The predicted molar refractivity (Wildman–Crippen MR) is 76.2 cm³/mol. The van der Waals surface area contributed by atoms with Crippen LogP contribution in [0.5, 0.6) is 5.75 Å². The van der Waals surface area contributed by atoms with Crippen molar-refractivity contribution in [3.8, 4) is 5.75 Å². The number of ether oxygens (including phenoxy) is 1.